The van der Waals surface area contributed by atoms with Crippen molar-refractivity contribution in [3.63, 3.8) is 0 Å². The molecule has 0 radical (unpaired) electrons. The molecule has 0 amide bonds. The van der Waals surface area contributed by atoms with Crippen LogP contribution in [-0.4, -0.2) is 24.1 Å². The number of phenolic OH excluding ortho intramolecular Hbond substituents is 1. The van der Waals surface area contributed by atoms with Gasteiger partial charge in [-0.25, -0.2) is 0 Å². The summed E-state index contributed by atoms with van der Waals surface area (Å²) in [6.45, 7) is 2.76. The van der Waals surface area contributed by atoms with E-state index in [4.69, 9.17) is 0 Å². The minimum atomic E-state index is 0.392. The van der Waals surface area contributed by atoms with Crippen LogP contribution in [0.5, 0.6) is 5.75 Å². The van der Waals surface area contributed by atoms with Crippen LogP contribution in [0.15, 0.2) is 18.2 Å². The second-order valence-corrected chi connectivity index (χ2v) is 3.37. The minimum absolute atomic E-state index is 0.392. The maximum absolute atomic E-state index is 9.51. The summed E-state index contributed by atoms with van der Waals surface area (Å²) in [5.74, 6) is 0.392. The molecule has 0 fully saturated rings. The Morgan fingerprint density at radius 2 is 2.00 bits per heavy atom. The van der Waals surface area contributed by atoms with Crippen LogP contribution >= 0.6 is 0 Å². The molecule has 66 valence electrons. The fourth-order valence-corrected chi connectivity index (χ4v) is 1.15. The molecule has 1 aromatic carbocycles. The molecule has 0 aliphatic carbocycles. The standard InChI is InChI=1S/C10H15NO/c1-8-4-5-9(7-11(2)3)10(12)6-8/h4-6,12H,7H2,1-3H3. The maximum atomic E-state index is 9.51. The second-order valence-electron chi connectivity index (χ2n) is 3.37. The lowest BCUT2D eigenvalue weighted by molar-refractivity contribution is 0.386. The van der Waals surface area contributed by atoms with Crippen LogP contribution in [0.2, 0.25) is 0 Å². The van der Waals surface area contributed by atoms with E-state index >= 15 is 0 Å². The first-order valence-electron chi connectivity index (χ1n) is 4.03. The smallest absolute Gasteiger partial charge is 0.120 e. The molecule has 0 heterocycles. The SMILES string of the molecule is Cc1ccc(CN(C)C)c(O)c1. The topological polar surface area (TPSA) is 23.5 Å². The van der Waals surface area contributed by atoms with Crippen LogP contribution in [0.4, 0.5) is 0 Å². The van der Waals surface area contributed by atoms with E-state index in [1.54, 1.807) is 6.07 Å². The zero-order valence-electron chi connectivity index (χ0n) is 7.83. The van der Waals surface area contributed by atoms with Crippen molar-refractivity contribution >= 4 is 0 Å². The van der Waals surface area contributed by atoms with Gasteiger partial charge in [-0.05, 0) is 32.6 Å². The van der Waals surface area contributed by atoms with Crippen LogP contribution in [-0.2, 0) is 6.54 Å². The minimum Gasteiger partial charge on any atom is -0.508 e. The number of hydrogen-bond acceptors (Lipinski definition) is 2. The van der Waals surface area contributed by atoms with Gasteiger partial charge in [-0.2, -0.15) is 0 Å². The van der Waals surface area contributed by atoms with Crippen LogP contribution in [0.25, 0.3) is 0 Å². The third kappa shape index (κ3) is 2.24. The molecule has 1 rings (SSSR count). The molecule has 2 heteroatoms. The monoisotopic (exact) mass is 165 g/mol. The summed E-state index contributed by atoms with van der Waals surface area (Å²) in [4.78, 5) is 2.03. The Morgan fingerprint density at radius 1 is 1.33 bits per heavy atom. The van der Waals surface area contributed by atoms with Gasteiger partial charge < -0.3 is 10.0 Å². The molecule has 0 bridgehead atoms. The normalized spacial score (nSPS) is 10.7. The van der Waals surface area contributed by atoms with Crippen molar-refractivity contribution in [2.75, 3.05) is 14.1 Å². The number of aromatic hydroxyl groups is 1. The molecule has 0 saturated carbocycles. The number of aryl methyl sites for hydroxylation is 1. The molecule has 0 aliphatic rings. The van der Waals surface area contributed by atoms with Gasteiger partial charge in [0.05, 0.1) is 0 Å². The predicted octanol–water partition coefficient (Wildman–Crippen LogP) is 1.76. The molecule has 0 spiro atoms. The average Bonchev–Trinajstić information content (AvgIpc) is 1.94. The number of hydrogen-bond donors (Lipinski definition) is 1. The van der Waals surface area contributed by atoms with Gasteiger partial charge in [-0.15, -0.1) is 0 Å². The Morgan fingerprint density at radius 3 is 2.50 bits per heavy atom. The summed E-state index contributed by atoms with van der Waals surface area (Å²) < 4.78 is 0. The molecule has 12 heavy (non-hydrogen) atoms. The second kappa shape index (κ2) is 3.59. The largest absolute Gasteiger partial charge is 0.508 e. The van der Waals surface area contributed by atoms with Gasteiger partial charge in [0, 0.05) is 12.1 Å². The quantitative estimate of drug-likeness (QED) is 0.721. The van der Waals surface area contributed by atoms with E-state index in [0.29, 0.717) is 5.75 Å². The Balaban J connectivity index is 2.86. The molecule has 0 aromatic heterocycles. The Hall–Kier alpha value is -1.02. The molecule has 1 N–H and O–H groups in total. The summed E-state index contributed by atoms with van der Waals surface area (Å²) in [7, 11) is 3.97. The molecule has 1 aromatic rings. The molecule has 0 saturated heterocycles. The lowest BCUT2D eigenvalue weighted by atomic mass is 10.1. The molecule has 0 atom stereocenters. The van der Waals surface area contributed by atoms with Gasteiger partial charge in [0.2, 0.25) is 0 Å². The van der Waals surface area contributed by atoms with E-state index in [2.05, 4.69) is 0 Å². The van der Waals surface area contributed by atoms with E-state index in [-0.39, 0.29) is 0 Å². The van der Waals surface area contributed by atoms with E-state index in [0.717, 1.165) is 17.7 Å². The van der Waals surface area contributed by atoms with E-state index in [1.807, 2.05) is 38.1 Å². The van der Waals surface area contributed by atoms with E-state index < -0.39 is 0 Å². The number of phenols is 1. The van der Waals surface area contributed by atoms with Crippen molar-refractivity contribution in [2.45, 2.75) is 13.5 Å². The Labute approximate surface area is 73.4 Å². The van der Waals surface area contributed by atoms with E-state index in [9.17, 15) is 5.11 Å². The summed E-state index contributed by atoms with van der Waals surface area (Å²) in [6, 6.07) is 5.77. The van der Waals surface area contributed by atoms with Crippen LogP contribution in [0, 0.1) is 6.92 Å². The van der Waals surface area contributed by atoms with Crippen LogP contribution in [0.3, 0.4) is 0 Å². The first-order chi connectivity index (χ1) is 5.59. The lowest BCUT2D eigenvalue weighted by Gasteiger charge is -2.11. The lowest BCUT2D eigenvalue weighted by Crippen LogP contribution is -2.10. The fraction of sp³-hybridized carbons (Fsp3) is 0.400. The van der Waals surface area contributed by atoms with Gasteiger partial charge in [0.15, 0.2) is 0 Å². The van der Waals surface area contributed by atoms with Crippen molar-refractivity contribution in [1.82, 2.24) is 4.90 Å². The number of benzene rings is 1. The zero-order valence-corrected chi connectivity index (χ0v) is 7.83. The highest BCUT2D eigenvalue weighted by molar-refractivity contribution is 5.35. The molecule has 0 unspecified atom stereocenters. The first kappa shape index (κ1) is 9.07. The Bertz CT molecular complexity index is 269. The summed E-state index contributed by atoms with van der Waals surface area (Å²) in [5, 5.41) is 9.51. The fourth-order valence-electron chi connectivity index (χ4n) is 1.15. The summed E-state index contributed by atoms with van der Waals surface area (Å²) in [6.07, 6.45) is 0. The average molecular weight is 165 g/mol. The highest BCUT2D eigenvalue weighted by Gasteiger charge is 2.01. The van der Waals surface area contributed by atoms with Gasteiger partial charge in [-0.1, -0.05) is 12.1 Å². The van der Waals surface area contributed by atoms with Gasteiger partial charge in [0.1, 0.15) is 5.75 Å². The van der Waals surface area contributed by atoms with Crippen molar-refractivity contribution in [1.29, 1.82) is 0 Å². The van der Waals surface area contributed by atoms with Gasteiger partial charge >= 0.3 is 0 Å². The van der Waals surface area contributed by atoms with Gasteiger partial charge in [0.25, 0.3) is 0 Å². The Kier molecular flexibility index (Phi) is 2.71. The zero-order chi connectivity index (χ0) is 9.14. The maximum Gasteiger partial charge on any atom is 0.120 e. The molecular formula is C10H15NO. The highest BCUT2D eigenvalue weighted by atomic mass is 16.3. The van der Waals surface area contributed by atoms with Crippen molar-refractivity contribution in [3.05, 3.63) is 29.3 Å². The molecule has 2 nitrogen and oxygen atoms in total. The third-order valence-electron chi connectivity index (χ3n) is 1.73. The van der Waals surface area contributed by atoms with Gasteiger partial charge in [-0.3, -0.25) is 0 Å². The summed E-state index contributed by atoms with van der Waals surface area (Å²) >= 11 is 0. The van der Waals surface area contributed by atoms with E-state index in [1.165, 1.54) is 0 Å². The van der Waals surface area contributed by atoms with Crippen molar-refractivity contribution in [2.24, 2.45) is 0 Å². The number of rotatable bonds is 2. The third-order valence-corrected chi connectivity index (χ3v) is 1.73. The molecule has 0 aliphatic heterocycles. The summed E-state index contributed by atoms with van der Waals surface area (Å²) in [5.41, 5.74) is 2.07. The predicted molar refractivity (Wildman–Crippen MR) is 50.2 cm³/mol. The van der Waals surface area contributed by atoms with Crippen LogP contribution < -0.4 is 0 Å². The van der Waals surface area contributed by atoms with Crippen molar-refractivity contribution in [3.8, 4) is 5.75 Å². The number of nitrogens with zero attached hydrogens (tertiary/aromatic N) is 1. The highest BCUT2D eigenvalue weighted by Crippen LogP contribution is 2.18. The first-order valence-corrected chi connectivity index (χ1v) is 4.03. The van der Waals surface area contributed by atoms with Crippen LogP contribution in [0.1, 0.15) is 11.1 Å². The van der Waals surface area contributed by atoms with Crippen molar-refractivity contribution < 1.29 is 5.11 Å². The molecular weight excluding hydrogens is 150 g/mol.